The maximum Gasteiger partial charge on any atom is 0.332 e. The number of halogens is 2. The molecule has 0 atom stereocenters. The van der Waals surface area contributed by atoms with E-state index in [9.17, 15) is 4.79 Å². The third kappa shape index (κ3) is 3.96. The molecule has 2 aromatic carbocycles. The quantitative estimate of drug-likeness (QED) is 0.529. The van der Waals surface area contributed by atoms with Crippen molar-refractivity contribution in [3.8, 4) is 0 Å². The molecule has 0 spiro atoms. The van der Waals surface area contributed by atoms with Crippen molar-refractivity contribution in [1.29, 1.82) is 0 Å². The van der Waals surface area contributed by atoms with Crippen molar-refractivity contribution in [1.82, 2.24) is 0 Å². The van der Waals surface area contributed by atoms with Crippen molar-refractivity contribution in [3.63, 3.8) is 0 Å². The van der Waals surface area contributed by atoms with Gasteiger partial charge < -0.3 is 0 Å². The van der Waals surface area contributed by atoms with Crippen molar-refractivity contribution in [2.24, 2.45) is 0 Å². The molecule has 0 saturated heterocycles. The molecule has 0 unspecified atom stereocenters. The molecule has 0 amide bonds. The van der Waals surface area contributed by atoms with Gasteiger partial charge in [-0.05, 0) is 23.8 Å². The fourth-order valence-corrected chi connectivity index (χ4v) is 3.69. The minimum absolute atomic E-state index is 0.0254. The number of nitrogens with zero attached hydrogens (tertiary/aromatic N) is 1. The first-order chi connectivity index (χ1) is 11.5. The summed E-state index contributed by atoms with van der Waals surface area (Å²) in [5.74, 6) is 0.0254. The van der Waals surface area contributed by atoms with Crippen LogP contribution in [0.15, 0.2) is 54.7 Å². The number of nitrogens with two attached hydrogens (primary N) is 1. The molecule has 0 aliphatic rings. The third-order valence-corrected chi connectivity index (χ3v) is 5.16. The van der Waals surface area contributed by atoms with E-state index in [1.54, 1.807) is 28.8 Å². The van der Waals surface area contributed by atoms with Crippen molar-refractivity contribution < 1.29 is 9.36 Å². The van der Waals surface area contributed by atoms with Crippen LogP contribution in [0.25, 0.3) is 0 Å². The van der Waals surface area contributed by atoms with Crippen molar-refractivity contribution in [3.05, 3.63) is 80.8 Å². The maximum atomic E-state index is 12.3. The highest BCUT2D eigenvalue weighted by atomic mass is 35.5. The predicted molar refractivity (Wildman–Crippen MR) is 99.0 cm³/mol. The van der Waals surface area contributed by atoms with Crippen molar-refractivity contribution in [2.75, 3.05) is 5.73 Å². The fourth-order valence-electron chi connectivity index (χ4n) is 2.40. The van der Waals surface area contributed by atoms with Crippen LogP contribution in [0.1, 0.15) is 20.8 Å². The zero-order chi connectivity index (χ0) is 17.1. The normalized spacial score (nSPS) is 10.8. The highest BCUT2D eigenvalue weighted by molar-refractivity contribution is 7.14. The van der Waals surface area contributed by atoms with Crippen LogP contribution in [-0.4, -0.2) is 5.78 Å². The Morgan fingerprint density at radius 2 is 1.88 bits per heavy atom. The summed E-state index contributed by atoms with van der Waals surface area (Å²) in [7, 11) is 0. The number of hydrogen-bond acceptors (Lipinski definition) is 3. The maximum absolute atomic E-state index is 12.3. The second-order valence-corrected chi connectivity index (χ2v) is 7.36. The predicted octanol–water partition coefficient (Wildman–Crippen LogP) is 4.40. The average Bonchev–Trinajstić information content (AvgIpc) is 2.91. The van der Waals surface area contributed by atoms with Crippen molar-refractivity contribution >= 4 is 45.5 Å². The molecule has 1 aromatic heterocycles. The summed E-state index contributed by atoms with van der Waals surface area (Å²) < 4.78 is 1.77. The summed E-state index contributed by atoms with van der Waals surface area (Å²) in [6.07, 6.45) is 2.53. The van der Waals surface area contributed by atoms with E-state index < -0.39 is 0 Å². The van der Waals surface area contributed by atoms with Crippen LogP contribution in [0.5, 0.6) is 0 Å². The number of rotatable bonds is 5. The lowest BCUT2D eigenvalue weighted by atomic mass is 10.1. The fraction of sp³-hybridized carbons (Fsp3) is 0.111. The summed E-state index contributed by atoms with van der Waals surface area (Å²) >= 11 is 13.7. The molecular formula is C18H15Cl2N2OS+. The summed E-state index contributed by atoms with van der Waals surface area (Å²) in [4.78, 5) is 13.3. The van der Waals surface area contributed by atoms with E-state index in [1.807, 2.05) is 30.5 Å². The molecule has 1 heterocycles. The monoisotopic (exact) mass is 377 g/mol. The molecule has 0 bridgehead atoms. The van der Waals surface area contributed by atoms with Gasteiger partial charge in [0, 0.05) is 22.0 Å². The van der Waals surface area contributed by atoms with Gasteiger partial charge in [0.05, 0.1) is 4.88 Å². The van der Waals surface area contributed by atoms with Crippen LogP contribution in [0.2, 0.25) is 10.0 Å². The molecule has 6 heteroatoms. The van der Waals surface area contributed by atoms with Gasteiger partial charge in [0.1, 0.15) is 6.20 Å². The van der Waals surface area contributed by atoms with Crippen LogP contribution < -0.4 is 10.3 Å². The van der Waals surface area contributed by atoms with Gasteiger partial charge in [-0.25, -0.2) is 4.57 Å². The SMILES string of the molecule is Nc1sc(Cc2cc(Cl)ccc2Cl)c[n+]1CC(=O)c1ccccc1. The number of anilines is 1. The van der Waals surface area contributed by atoms with Crippen LogP contribution >= 0.6 is 34.5 Å². The third-order valence-electron chi connectivity index (χ3n) is 3.60. The smallest absolute Gasteiger partial charge is 0.290 e. The summed E-state index contributed by atoms with van der Waals surface area (Å²) in [6.45, 7) is 0.218. The Morgan fingerprint density at radius 1 is 1.12 bits per heavy atom. The Morgan fingerprint density at radius 3 is 2.62 bits per heavy atom. The average molecular weight is 378 g/mol. The topological polar surface area (TPSA) is 47.0 Å². The largest absolute Gasteiger partial charge is 0.332 e. The minimum atomic E-state index is 0.0254. The Kier molecular flexibility index (Phi) is 5.19. The molecule has 2 N–H and O–H groups in total. The summed E-state index contributed by atoms with van der Waals surface area (Å²) in [5.41, 5.74) is 7.67. The molecule has 0 aliphatic carbocycles. The van der Waals surface area contributed by atoms with Gasteiger partial charge in [-0.2, -0.15) is 0 Å². The number of carbonyl (C=O) groups is 1. The minimum Gasteiger partial charge on any atom is -0.290 e. The number of thiazole rings is 1. The molecule has 122 valence electrons. The van der Waals surface area contributed by atoms with Crippen LogP contribution in [-0.2, 0) is 13.0 Å². The van der Waals surface area contributed by atoms with Gasteiger partial charge in [-0.1, -0.05) is 64.9 Å². The van der Waals surface area contributed by atoms with E-state index in [1.165, 1.54) is 11.3 Å². The molecule has 0 aliphatic heterocycles. The van der Waals surface area contributed by atoms with Gasteiger partial charge in [0.2, 0.25) is 5.78 Å². The van der Waals surface area contributed by atoms with Gasteiger partial charge in [0.15, 0.2) is 6.54 Å². The van der Waals surface area contributed by atoms with E-state index in [-0.39, 0.29) is 12.3 Å². The Bertz CT molecular complexity index is 878. The van der Waals surface area contributed by atoms with E-state index in [0.29, 0.717) is 27.2 Å². The standard InChI is InChI=1S/C18H14Cl2N2OS/c19-14-6-7-16(20)13(8-14)9-15-10-22(18(21)24-15)11-17(23)12-4-2-1-3-5-12/h1-8,10,21H,9,11H2/p+1. The van der Waals surface area contributed by atoms with E-state index in [0.717, 1.165) is 10.4 Å². The Labute approximate surface area is 154 Å². The number of hydrogen-bond donors (Lipinski definition) is 1. The van der Waals surface area contributed by atoms with Gasteiger partial charge in [0.25, 0.3) is 0 Å². The molecule has 24 heavy (non-hydrogen) atoms. The van der Waals surface area contributed by atoms with E-state index in [4.69, 9.17) is 28.9 Å². The number of carbonyl (C=O) groups excluding carboxylic acids is 1. The van der Waals surface area contributed by atoms with Gasteiger partial charge in [-0.3, -0.25) is 10.5 Å². The van der Waals surface area contributed by atoms with Crippen LogP contribution in [0.3, 0.4) is 0 Å². The lowest BCUT2D eigenvalue weighted by molar-refractivity contribution is -0.664. The van der Waals surface area contributed by atoms with Crippen molar-refractivity contribution in [2.45, 2.75) is 13.0 Å². The molecule has 3 aromatic rings. The Balaban J connectivity index is 1.78. The first-order valence-electron chi connectivity index (χ1n) is 7.33. The lowest BCUT2D eigenvalue weighted by Gasteiger charge is -2.02. The molecule has 3 rings (SSSR count). The number of Topliss-reactive ketones (excluding diaryl/α,β-unsaturated/α-hetero) is 1. The molecule has 3 nitrogen and oxygen atoms in total. The molecule has 0 saturated carbocycles. The zero-order valence-corrected chi connectivity index (χ0v) is 15.0. The number of benzene rings is 2. The number of nitrogen functional groups attached to an aromatic ring is 1. The molecular weight excluding hydrogens is 363 g/mol. The number of aromatic nitrogens is 1. The summed E-state index contributed by atoms with van der Waals surface area (Å²) in [6, 6.07) is 14.6. The first-order valence-corrected chi connectivity index (χ1v) is 8.90. The van der Waals surface area contributed by atoms with Crippen LogP contribution in [0.4, 0.5) is 5.13 Å². The second kappa shape index (κ2) is 7.34. The van der Waals surface area contributed by atoms with E-state index >= 15 is 0 Å². The highest BCUT2D eigenvalue weighted by Gasteiger charge is 2.17. The Hall–Kier alpha value is -1.88. The molecule has 0 radical (unpaired) electrons. The first kappa shape index (κ1) is 17.0. The van der Waals surface area contributed by atoms with E-state index in [2.05, 4.69) is 0 Å². The highest BCUT2D eigenvalue weighted by Crippen LogP contribution is 2.25. The second-order valence-electron chi connectivity index (χ2n) is 5.37. The summed E-state index contributed by atoms with van der Waals surface area (Å²) in [5, 5.41) is 1.90. The number of ketones is 1. The van der Waals surface area contributed by atoms with Crippen LogP contribution in [0, 0.1) is 0 Å². The molecule has 0 fully saturated rings. The van der Waals surface area contributed by atoms with Gasteiger partial charge in [-0.15, -0.1) is 0 Å². The van der Waals surface area contributed by atoms with Gasteiger partial charge >= 0.3 is 5.13 Å². The zero-order valence-electron chi connectivity index (χ0n) is 12.7. The lowest BCUT2D eigenvalue weighted by Crippen LogP contribution is -2.38.